The predicted octanol–water partition coefficient (Wildman–Crippen LogP) is 2.74. The Morgan fingerprint density at radius 1 is 1.48 bits per heavy atom. The third-order valence-corrected chi connectivity index (χ3v) is 4.35. The lowest BCUT2D eigenvalue weighted by Crippen LogP contribution is -2.36. The first kappa shape index (κ1) is 16.2. The second kappa shape index (κ2) is 8.35. The quantitative estimate of drug-likeness (QED) is 0.811. The van der Waals surface area contributed by atoms with E-state index in [1.807, 2.05) is 6.20 Å². The second-order valence-electron chi connectivity index (χ2n) is 6.09. The van der Waals surface area contributed by atoms with Crippen LogP contribution in [0.1, 0.15) is 51.1 Å². The van der Waals surface area contributed by atoms with Crippen LogP contribution in [0, 0.1) is 5.92 Å². The van der Waals surface area contributed by atoms with Gasteiger partial charge < -0.3 is 15.3 Å². The van der Waals surface area contributed by atoms with Crippen LogP contribution in [0.2, 0.25) is 0 Å². The van der Waals surface area contributed by atoms with Crippen LogP contribution in [0.5, 0.6) is 0 Å². The van der Waals surface area contributed by atoms with Crippen molar-refractivity contribution in [2.75, 3.05) is 31.1 Å². The van der Waals surface area contributed by atoms with E-state index >= 15 is 0 Å². The Labute approximate surface area is 128 Å². The van der Waals surface area contributed by atoms with Crippen molar-refractivity contribution in [2.45, 2.75) is 45.6 Å². The molecular formula is C17H29N3O. The van der Waals surface area contributed by atoms with Gasteiger partial charge in [-0.2, -0.15) is 0 Å². The Balaban J connectivity index is 1.94. The van der Waals surface area contributed by atoms with Crippen molar-refractivity contribution >= 4 is 5.82 Å². The third kappa shape index (κ3) is 4.68. The van der Waals surface area contributed by atoms with Gasteiger partial charge >= 0.3 is 0 Å². The van der Waals surface area contributed by atoms with Crippen LogP contribution in [0.25, 0.3) is 0 Å². The smallest absolute Gasteiger partial charge is 0.128 e. The largest absolute Gasteiger partial charge is 0.396 e. The van der Waals surface area contributed by atoms with Crippen LogP contribution in [0.15, 0.2) is 18.3 Å². The van der Waals surface area contributed by atoms with Crippen LogP contribution >= 0.6 is 0 Å². The van der Waals surface area contributed by atoms with Crippen LogP contribution < -0.4 is 10.2 Å². The number of hydrogen-bond acceptors (Lipinski definition) is 4. The van der Waals surface area contributed by atoms with Gasteiger partial charge in [-0.3, -0.25) is 0 Å². The van der Waals surface area contributed by atoms with Crippen molar-refractivity contribution in [3.05, 3.63) is 23.9 Å². The van der Waals surface area contributed by atoms with E-state index in [9.17, 15) is 0 Å². The molecule has 0 spiro atoms. The van der Waals surface area contributed by atoms with E-state index in [4.69, 9.17) is 5.11 Å². The molecule has 4 nitrogen and oxygen atoms in total. The lowest BCUT2D eigenvalue weighted by Gasteiger charge is -2.33. The molecule has 2 rings (SSSR count). The van der Waals surface area contributed by atoms with E-state index in [1.165, 1.54) is 18.4 Å². The second-order valence-corrected chi connectivity index (χ2v) is 6.09. The van der Waals surface area contributed by atoms with E-state index in [2.05, 4.69) is 41.2 Å². The highest BCUT2D eigenvalue weighted by Gasteiger charge is 2.20. The third-order valence-electron chi connectivity index (χ3n) is 4.35. The molecule has 118 valence electrons. The summed E-state index contributed by atoms with van der Waals surface area (Å²) in [5, 5.41) is 12.6. The van der Waals surface area contributed by atoms with Crippen molar-refractivity contribution in [3.63, 3.8) is 0 Å². The van der Waals surface area contributed by atoms with Crippen molar-refractivity contribution in [3.8, 4) is 0 Å². The topological polar surface area (TPSA) is 48.4 Å². The van der Waals surface area contributed by atoms with E-state index in [-0.39, 0.29) is 0 Å². The Hall–Kier alpha value is -1.13. The Bertz CT molecular complexity index is 405. The molecule has 0 saturated carbocycles. The molecule has 1 saturated heterocycles. The van der Waals surface area contributed by atoms with E-state index in [0.717, 1.165) is 38.3 Å². The molecule has 1 aliphatic rings. The molecule has 1 aromatic rings. The highest BCUT2D eigenvalue weighted by Crippen LogP contribution is 2.24. The van der Waals surface area contributed by atoms with Crippen molar-refractivity contribution in [2.24, 2.45) is 5.92 Å². The summed E-state index contributed by atoms with van der Waals surface area (Å²) in [4.78, 5) is 7.01. The molecule has 0 bridgehead atoms. The predicted molar refractivity (Wildman–Crippen MR) is 87.6 cm³/mol. The number of pyridine rings is 1. The molecular weight excluding hydrogens is 262 g/mol. The average molecular weight is 291 g/mol. The molecule has 1 aromatic heterocycles. The van der Waals surface area contributed by atoms with Gasteiger partial charge in [-0.1, -0.05) is 13.0 Å². The maximum Gasteiger partial charge on any atom is 0.128 e. The molecule has 0 radical (unpaired) electrons. The summed E-state index contributed by atoms with van der Waals surface area (Å²) >= 11 is 0. The van der Waals surface area contributed by atoms with Crippen molar-refractivity contribution in [1.29, 1.82) is 0 Å². The molecule has 2 heterocycles. The summed E-state index contributed by atoms with van der Waals surface area (Å²) in [5.41, 5.74) is 1.25. The normalized spacial score (nSPS) is 20.5. The summed E-state index contributed by atoms with van der Waals surface area (Å²) in [6.07, 6.45) is 6.48. The SMILES string of the molecule is CCCNC(C)c1ccc(N2CCCC(CCO)C2)nc1. The number of anilines is 1. The molecule has 4 heteroatoms. The summed E-state index contributed by atoms with van der Waals surface area (Å²) in [5.74, 6) is 1.68. The first-order valence-electron chi connectivity index (χ1n) is 8.29. The molecule has 2 atom stereocenters. The summed E-state index contributed by atoms with van der Waals surface area (Å²) in [6, 6.07) is 4.68. The Morgan fingerprint density at radius 2 is 2.33 bits per heavy atom. The summed E-state index contributed by atoms with van der Waals surface area (Å²) in [7, 11) is 0. The van der Waals surface area contributed by atoms with Gasteiger partial charge in [0.2, 0.25) is 0 Å². The number of nitrogens with one attached hydrogen (secondary N) is 1. The van der Waals surface area contributed by atoms with Gasteiger partial charge in [0.15, 0.2) is 0 Å². The molecule has 1 fully saturated rings. The number of nitrogens with zero attached hydrogens (tertiary/aromatic N) is 2. The van der Waals surface area contributed by atoms with Gasteiger partial charge in [0.1, 0.15) is 5.82 Å². The molecule has 2 N–H and O–H groups in total. The van der Waals surface area contributed by atoms with Crippen molar-refractivity contribution in [1.82, 2.24) is 10.3 Å². The minimum Gasteiger partial charge on any atom is -0.396 e. The van der Waals surface area contributed by atoms with Crippen LogP contribution in [0.4, 0.5) is 5.82 Å². The number of piperidine rings is 1. The molecule has 1 aliphatic heterocycles. The number of hydrogen-bond donors (Lipinski definition) is 2. The molecule has 0 aliphatic carbocycles. The lowest BCUT2D eigenvalue weighted by molar-refractivity contribution is 0.244. The van der Waals surface area contributed by atoms with Gasteiger partial charge in [0.25, 0.3) is 0 Å². The maximum atomic E-state index is 9.10. The number of rotatable bonds is 7. The van der Waals surface area contributed by atoms with Crippen LogP contribution in [0.3, 0.4) is 0 Å². The molecule has 21 heavy (non-hydrogen) atoms. The number of aromatic nitrogens is 1. The van der Waals surface area contributed by atoms with Crippen LogP contribution in [-0.4, -0.2) is 36.3 Å². The summed E-state index contributed by atoms with van der Waals surface area (Å²) in [6.45, 7) is 7.81. The standard InChI is InChI=1S/C17H29N3O/c1-3-9-18-14(2)16-6-7-17(19-12-16)20-10-4-5-15(13-20)8-11-21/h6-7,12,14-15,18,21H,3-5,8-11,13H2,1-2H3. The first-order chi connectivity index (χ1) is 10.2. The molecule has 0 aromatic carbocycles. The number of aliphatic hydroxyl groups excluding tert-OH is 1. The van der Waals surface area contributed by atoms with Gasteiger partial charge in [0, 0.05) is 31.9 Å². The van der Waals surface area contributed by atoms with Gasteiger partial charge in [-0.25, -0.2) is 4.98 Å². The van der Waals surface area contributed by atoms with Gasteiger partial charge in [-0.15, -0.1) is 0 Å². The fraction of sp³-hybridized carbons (Fsp3) is 0.706. The highest BCUT2D eigenvalue weighted by atomic mass is 16.3. The Morgan fingerprint density at radius 3 is 3.00 bits per heavy atom. The van der Waals surface area contributed by atoms with Gasteiger partial charge in [-0.05, 0) is 56.7 Å². The molecule has 2 unspecified atom stereocenters. The average Bonchev–Trinajstić information content (AvgIpc) is 2.53. The lowest BCUT2D eigenvalue weighted by atomic mass is 9.95. The van der Waals surface area contributed by atoms with Crippen molar-refractivity contribution < 1.29 is 5.11 Å². The number of aliphatic hydroxyl groups is 1. The molecule has 0 amide bonds. The minimum atomic E-state index is 0.297. The Kier molecular flexibility index (Phi) is 6.46. The fourth-order valence-electron chi connectivity index (χ4n) is 3.01. The summed E-state index contributed by atoms with van der Waals surface area (Å²) < 4.78 is 0. The highest BCUT2D eigenvalue weighted by molar-refractivity contribution is 5.40. The first-order valence-corrected chi connectivity index (χ1v) is 8.29. The van der Waals surface area contributed by atoms with Crippen LogP contribution in [-0.2, 0) is 0 Å². The minimum absolute atomic E-state index is 0.297. The fourth-order valence-corrected chi connectivity index (χ4v) is 3.01. The van der Waals surface area contributed by atoms with E-state index in [1.54, 1.807) is 0 Å². The zero-order valence-electron chi connectivity index (χ0n) is 13.4. The monoisotopic (exact) mass is 291 g/mol. The van der Waals surface area contributed by atoms with E-state index in [0.29, 0.717) is 18.6 Å². The van der Waals surface area contributed by atoms with Gasteiger partial charge in [0.05, 0.1) is 0 Å². The zero-order valence-corrected chi connectivity index (χ0v) is 13.4. The maximum absolute atomic E-state index is 9.10. The zero-order chi connectivity index (χ0) is 15.1. The van der Waals surface area contributed by atoms with E-state index < -0.39 is 0 Å².